The van der Waals surface area contributed by atoms with Crippen LogP contribution >= 0.6 is 11.8 Å². The molecule has 0 unspecified atom stereocenters. The molecule has 32 heavy (non-hydrogen) atoms. The van der Waals surface area contributed by atoms with Crippen LogP contribution in [0.3, 0.4) is 0 Å². The van der Waals surface area contributed by atoms with Gasteiger partial charge in [0.15, 0.2) is 22.5 Å². The Bertz CT molecular complexity index is 1100. The van der Waals surface area contributed by atoms with Crippen LogP contribution in [0.15, 0.2) is 53.7 Å². The molecule has 0 atom stereocenters. The lowest BCUT2D eigenvalue weighted by Crippen LogP contribution is -2.39. The Morgan fingerprint density at radius 2 is 1.84 bits per heavy atom. The zero-order valence-corrected chi connectivity index (χ0v) is 18.9. The first kappa shape index (κ1) is 20.9. The standard InChI is InChI=1S/C24H26N4O3S/c1-27(18-8-4-2-5-9-18)22(29)15-32-24-26-25-23(28(24)19-10-6-3-7-11-19)17-12-13-20-21(14-17)31-16-30-20/h3,6-7,10-14,18H,2,4-5,8-9,15-16H2,1H3. The Hall–Kier alpha value is -3.00. The summed E-state index contributed by atoms with van der Waals surface area (Å²) in [6, 6.07) is 16.1. The quantitative estimate of drug-likeness (QED) is 0.514. The molecule has 0 N–H and O–H groups in total. The molecule has 5 rings (SSSR count). The van der Waals surface area contributed by atoms with Gasteiger partial charge in [-0.15, -0.1) is 10.2 Å². The van der Waals surface area contributed by atoms with Crippen molar-refractivity contribution in [1.29, 1.82) is 0 Å². The molecular weight excluding hydrogens is 424 g/mol. The van der Waals surface area contributed by atoms with Gasteiger partial charge in [-0.25, -0.2) is 0 Å². The summed E-state index contributed by atoms with van der Waals surface area (Å²) in [5.41, 5.74) is 1.82. The molecule has 1 fully saturated rings. The number of carbonyl (C=O) groups is 1. The molecule has 2 aliphatic rings. The highest BCUT2D eigenvalue weighted by atomic mass is 32.2. The first-order valence-electron chi connectivity index (χ1n) is 11.0. The van der Waals surface area contributed by atoms with Crippen LogP contribution in [-0.4, -0.2) is 51.2 Å². The molecule has 2 heterocycles. The first-order chi connectivity index (χ1) is 15.7. The average molecular weight is 451 g/mol. The van der Waals surface area contributed by atoms with Crippen LogP contribution in [0, 0.1) is 0 Å². The van der Waals surface area contributed by atoms with Gasteiger partial charge in [0.1, 0.15) is 0 Å². The summed E-state index contributed by atoms with van der Waals surface area (Å²) in [6.45, 7) is 0.224. The van der Waals surface area contributed by atoms with Crippen LogP contribution < -0.4 is 9.47 Å². The van der Waals surface area contributed by atoms with Crippen molar-refractivity contribution in [3.8, 4) is 28.6 Å². The molecule has 0 saturated heterocycles. The van der Waals surface area contributed by atoms with Crippen molar-refractivity contribution in [3.63, 3.8) is 0 Å². The van der Waals surface area contributed by atoms with E-state index in [0.717, 1.165) is 29.8 Å². The molecule has 1 saturated carbocycles. The number of hydrogen-bond donors (Lipinski definition) is 0. The highest BCUT2D eigenvalue weighted by Gasteiger charge is 2.24. The third kappa shape index (κ3) is 4.19. The van der Waals surface area contributed by atoms with Crippen LogP contribution in [0.1, 0.15) is 32.1 Å². The number of carbonyl (C=O) groups excluding carboxylic acids is 1. The summed E-state index contributed by atoms with van der Waals surface area (Å²) in [4.78, 5) is 14.8. The third-order valence-electron chi connectivity index (χ3n) is 6.12. The molecule has 0 radical (unpaired) electrons. The number of ether oxygens (including phenoxy) is 2. The summed E-state index contributed by atoms with van der Waals surface area (Å²) in [7, 11) is 1.93. The monoisotopic (exact) mass is 450 g/mol. The average Bonchev–Trinajstić information content (AvgIpc) is 3.49. The zero-order valence-electron chi connectivity index (χ0n) is 18.1. The van der Waals surface area contributed by atoms with Crippen molar-refractivity contribution < 1.29 is 14.3 Å². The highest BCUT2D eigenvalue weighted by Crippen LogP contribution is 2.37. The molecule has 166 valence electrons. The number of aromatic nitrogens is 3. The lowest BCUT2D eigenvalue weighted by molar-refractivity contribution is -0.129. The minimum Gasteiger partial charge on any atom is -0.454 e. The number of nitrogens with zero attached hydrogens (tertiary/aromatic N) is 4. The van der Waals surface area contributed by atoms with Crippen LogP contribution in [0.25, 0.3) is 17.1 Å². The van der Waals surface area contributed by atoms with Gasteiger partial charge in [-0.05, 0) is 43.2 Å². The van der Waals surface area contributed by atoms with Gasteiger partial charge >= 0.3 is 0 Å². The Kier molecular flexibility index (Phi) is 6.03. The fourth-order valence-electron chi connectivity index (χ4n) is 4.30. The predicted molar refractivity (Wildman–Crippen MR) is 123 cm³/mol. The van der Waals surface area contributed by atoms with E-state index >= 15 is 0 Å². The Morgan fingerprint density at radius 1 is 1.06 bits per heavy atom. The summed E-state index contributed by atoms with van der Waals surface area (Å²) >= 11 is 1.43. The molecule has 2 aromatic carbocycles. The number of fused-ring (bicyclic) bond motifs is 1. The van der Waals surface area contributed by atoms with E-state index in [2.05, 4.69) is 10.2 Å². The Balaban J connectivity index is 1.41. The van der Waals surface area contributed by atoms with E-state index in [0.29, 0.717) is 28.5 Å². The van der Waals surface area contributed by atoms with Crippen molar-refractivity contribution in [2.24, 2.45) is 0 Å². The maximum absolute atomic E-state index is 12.9. The fourth-order valence-corrected chi connectivity index (χ4v) is 5.17. The SMILES string of the molecule is CN(C(=O)CSc1nnc(-c2ccc3c(c2)OCO3)n1-c1ccccc1)C1CCCCC1. The first-order valence-corrected chi connectivity index (χ1v) is 12.0. The van der Waals surface area contributed by atoms with Gasteiger partial charge in [0.25, 0.3) is 0 Å². The number of para-hydroxylation sites is 1. The van der Waals surface area contributed by atoms with Gasteiger partial charge in [-0.3, -0.25) is 9.36 Å². The van der Waals surface area contributed by atoms with E-state index in [1.165, 1.54) is 31.0 Å². The molecule has 0 bridgehead atoms. The third-order valence-corrected chi connectivity index (χ3v) is 7.03. The predicted octanol–water partition coefficient (Wildman–Crippen LogP) is 4.55. The van der Waals surface area contributed by atoms with Crippen LogP contribution in [0.2, 0.25) is 0 Å². The molecule has 7 nitrogen and oxygen atoms in total. The van der Waals surface area contributed by atoms with Gasteiger partial charge in [0.2, 0.25) is 12.7 Å². The van der Waals surface area contributed by atoms with Crippen LogP contribution in [0.5, 0.6) is 11.5 Å². The van der Waals surface area contributed by atoms with Gasteiger partial charge < -0.3 is 14.4 Å². The molecular formula is C24H26N4O3S. The van der Waals surface area contributed by atoms with Gasteiger partial charge in [0, 0.05) is 24.3 Å². The van der Waals surface area contributed by atoms with E-state index in [1.807, 2.05) is 65.0 Å². The minimum atomic E-state index is 0.133. The van der Waals surface area contributed by atoms with E-state index in [-0.39, 0.29) is 12.7 Å². The number of rotatable bonds is 6. The molecule has 3 aromatic rings. The lowest BCUT2D eigenvalue weighted by atomic mass is 9.94. The zero-order chi connectivity index (χ0) is 21.9. The smallest absolute Gasteiger partial charge is 0.233 e. The molecule has 0 spiro atoms. The van der Waals surface area contributed by atoms with E-state index in [9.17, 15) is 4.79 Å². The number of thioether (sulfide) groups is 1. The van der Waals surface area contributed by atoms with Crippen LogP contribution in [-0.2, 0) is 4.79 Å². The highest BCUT2D eigenvalue weighted by molar-refractivity contribution is 7.99. The van der Waals surface area contributed by atoms with E-state index < -0.39 is 0 Å². The fraction of sp³-hybridized carbons (Fsp3) is 0.375. The normalized spacial score (nSPS) is 15.7. The van der Waals surface area contributed by atoms with Crippen molar-refractivity contribution in [2.45, 2.75) is 43.3 Å². The summed E-state index contributed by atoms with van der Waals surface area (Å²) in [5, 5.41) is 9.60. The van der Waals surface area contributed by atoms with Crippen LogP contribution in [0.4, 0.5) is 0 Å². The summed E-state index contributed by atoms with van der Waals surface area (Å²) in [5.74, 6) is 2.59. The topological polar surface area (TPSA) is 69.5 Å². The van der Waals surface area contributed by atoms with Gasteiger partial charge in [-0.2, -0.15) is 0 Å². The van der Waals surface area contributed by atoms with Crippen molar-refractivity contribution >= 4 is 17.7 Å². The molecule has 1 aliphatic heterocycles. The van der Waals surface area contributed by atoms with E-state index in [4.69, 9.17) is 9.47 Å². The molecule has 1 amide bonds. The van der Waals surface area contributed by atoms with Crippen molar-refractivity contribution in [2.75, 3.05) is 19.6 Å². The van der Waals surface area contributed by atoms with Crippen molar-refractivity contribution in [1.82, 2.24) is 19.7 Å². The summed E-state index contributed by atoms with van der Waals surface area (Å²) < 4.78 is 13.0. The van der Waals surface area contributed by atoms with E-state index in [1.54, 1.807) is 0 Å². The second-order valence-corrected chi connectivity index (χ2v) is 9.07. The maximum atomic E-state index is 12.9. The molecule has 1 aromatic heterocycles. The maximum Gasteiger partial charge on any atom is 0.233 e. The van der Waals surface area contributed by atoms with Crippen molar-refractivity contribution in [3.05, 3.63) is 48.5 Å². The minimum absolute atomic E-state index is 0.133. The molecule has 1 aliphatic carbocycles. The van der Waals surface area contributed by atoms with Gasteiger partial charge in [0.05, 0.1) is 5.75 Å². The Labute approximate surface area is 191 Å². The number of hydrogen-bond acceptors (Lipinski definition) is 6. The van der Waals surface area contributed by atoms with Gasteiger partial charge in [-0.1, -0.05) is 49.2 Å². The summed E-state index contributed by atoms with van der Waals surface area (Å²) in [6.07, 6.45) is 5.88. The largest absolute Gasteiger partial charge is 0.454 e. The second kappa shape index (κ2) is 9.24. The molecule has 8 heteroatoms. The second-order valence-electron chi connectivity index (χ2n) is 8.13. The number of benzene rings is 2. The number of amides is 1. The lowest BCUT2D eigenvalue weighted by Gasteiger charge is -2.31. The Morgan fingerprint density at radius 3 is 2.66 bits per heavy atom.